The summed E-state index contributed by atoms with van der Waals surface area (Å²) in [5.41, 5.74) is 1.25. The van der Waals surface area contributed by atoms with E-state index in [-0.39, 0.29) is 5.69 Å². The number of nitro groups is 1. The number of methoxy groups -OCH3 is 1. The number of hydrogen-bond acceptors (Lipinski definition) is 5. The second kappa shape index (κ2) is 9.72. The lowest BCUT2D eigenvalue weighted by Crippen LogP contribution is -2.25. The fourth-order valence-corrected chi connectivity index (χ4v) is 6.83. The number of non-ortho nitro benzene ring substituents is 1. The number of nitrogens with one attached hydrogen (secondary N) is 1. The van der Waals surface area contributed by atoms with Crippen LogP contribution in [0.2, 0.25) is 0 Å². The van der Waals surface area contributed by atoms with Gasteiger partial charge in [-0.1, -0.05) is 78.9 Å². The van der Waals surface area contributed by atoms with Gasteiger partial charge in [0, 0.05) is 28.4 Å². The second-order valence-electron chi connectivity index (χ2n) is 7.46. The zero-order valence-electron chi connectivity index (χ0n) is 18.0. The molecule has 0 aliphatic heterocycles. The standard InChI is InChI=1S/C26H23N2O4P/c1-32-23-17-15-20(16-18-23)26(27-21-9-8-10-22(19-21)28(29)30)33(31,24-11-4-2-5-12-24)25-13-6-3-7-14-25/h2-19,26-27H,1H3/t26-/m0/s1. The molecule has 0 saturated heterocycles. The van der Waals surface area contributed by atoms with Crippen LogP contribution in [0.3, 0.4) is 0 Å². The Morgan fingerprint density at radius 2 is 1.39 bits per heavy atom. The van der Waals surface area contributed by atoms with Crippen LogP contribution in [0.1, 0.15) is 11.3 Å². The van der Waals surface area contributed by atoms with Crippen molar-refractivity contribution < 1.29 is 14.2 Å². The fraction of sp³-hybridized carbons (Fsp3) is 0.0769. The highest BCUT2D eigenvalue weighted by molar-refractivity contribution is 7.79. The Hall–Kier alpha value is -3.89. The molecule has 4 aromatic carbocycles. The van der Waals surface area contributed by atoms with Crippen LogP contribution in [-0.2, 0) is 4.57 Å². The summed E-state index contributed by atoms with van der Waals surface area (Å²) in [6.45, 7) is 0. The number of anilines is 1. The molecule has 0 amide bonds. The average Bonchev–Trinajstić information content (AvgIpc) is 2.88. The molecular formula is C26H23N2O4P. The van der Waals surface area contributed by atoms with Gasteiger partial charge in [0.25, 0.3) is 5.69 Å². The Bertz CT molecular complexity index is 1240. The van der Waals surface area contributed by atoms with Gasteiger partial charge in [-0.2, -0.15) is 0 Å². The molecule has 1 N–H and O–H groups in total. The molecule has 7 heteroatoms. The summed E-state index contributed by atoms with van der Waals surface area (Å²) in [7, 11) is -1.72. The Labute approximate surface area is 192 Å². The van der Waals surface area contributed by atoms with E-state index in [2.05, 4.69) is 5.32 Å². The molecule has 4 aromatic rings. The van der Waals surface area contributed by atoms with Crippen molar-refractivity contribution in [2.45, 2.75) is 5.78 Å². The summed E-state index contributed by atoms with van der Waals surface area (Å²) in [5, 5.41) is 16.1. The van der Waals surface area contributed by atoms with Crippen molar-refractivity contribution in [3.8, 4) is 5.75 Å². The maximum Gasteiger partial charge on any atom is 0.271 e. The maximum atomic E-state index is 15.1. The van der Waals surface area contributed by atoms with Crippen molar-refractivity contribution in [2.75, 3.05) is 12.4 Å². The van der Waals surface area contributed by atoms with E-state index in [0.29, 0.717) is 22.0 Å². The summed E-state index contributed by atoms with van der Waals surface area (Å²) >= 11 is 0. The van der Waals surface area contributed by atoms with Gasteiger partial charge in [0.2, 0.25) is 0 Å². The lowest BCUT2D eigenvalue weighted by Gasteiger charge is -2.31. The lowest BCUT2D eigenvalue weighted by molar-refractivity contribution is -0.384. The van der Waals surface area contributed by atoms with Gasteiger partial charge in [-0.3, -0.25) is 10.1 Å². The average molecular weight is 458 g/mol. The van der Waals surface area contributed by atoms with Crippen LogP contribution in [0.4, 0.5) is 11.4 Å². The molecular weight excluding hydrogens is 435 g/mol. The first-order valence-corrected chi connectivity index (χ1v) is 12.2. The third kappa shape index (κ3) is 4.66. The summed E-state index contributed by atoms with van der Waals surface area (Å²) in [4.78, 5) is 10.9. The van der Waals surface area contributed by atoms with E-state index >= 15 is 4.57 Å². The predicted molar refractivity (Wildman–Crippen MR) is 132 cm³/mol. The molecule has 6 nitrogen and oxygen atoms in total. The van der Waals surface area contributed by atoms with Crippen LogP contribution < -0.4 is 20.7 Å². The lowest BCUT2D eigenvalue weighted by atomic mass is 10.2. The van der Waals surface area contributed by atoms with E-state index in [1.807, 2.05) is 84.9 Å². The van der Waals surface area contributed by atoms with Gasteiger partial charge in [0.05, 0.1) is 12.0 Å². The van der Waals surface area contributed by atoms with Crippen molar-refractivity contribution in [3.05, 3.63) is 125 Å². The highest BCUT2D eigenvalue weighted by Gasteiger charge is 2.38. The smallest absolute Gasteiger partial charge is 0.271 e. The van der Waals surface area contributed by atoms with Crippen LogP contribution in [0.25, 0.3) is 0 Å². The highest BCUT2D eigenvalue weighted by Crippen LogP contribution is 2.57. The molecule has 0 unspecified atom stereocenters. The first-order valence-electron chi connectivity index (χ1n) is 10.4. The first-order chi connectivity index (χ1) is 16.0. The van der Waals surface area contributed by atoms with E-state index in [1.54, 1.807) is 19.2 Å². The molecule has 4 rings (SSSR count). The topological polar surface area (TPSA) is 81.5 Å². The molecule has 0 radical (unpaired) electrons. The Kier molecular flexibility index (Phi) is 6.57. The van der Waals surface area contributed by atoms with Gasteiger partial charge in [-0.15, -0.1) is 0 Å². The molecule has 1 atom stereocenters. The molecule has 166 valence electrons. The van der Waals surface area contributed by atoms with Gasteiger partial charge in [-0.25, -0.2) is 0 Å². The minimum absolute atomic E-state index is 0.0391. The molecule has 0 aromatic heterocycles. The van der Waals surface area contributed by atoms with Crippen molar-refractivity contribution in [1.29, 1.82) is 0 Å². The molecule has 0 aliphatic rings. The molecule has 0 spiro atoms. The summed E-state index contributed by atoms with van der Waals surface area (Å²) in [6.07, 6.45) is 0. The molecule has 0 bridgehead atoms. The molecule has 33 heavy (non-hydrogen) atoms. The quantitative estimate of drug-likeness (QED) is 0.207. The van der Waals surface area contributed by atoms with Gasteiger partial charge >= 0.3 is 0 Å². The van der Waals surface area contributed by atoms with Crippen molar-refractivity contribution in [2.24, 2.45) is 0 Å². The van der Waals surface area contributed by atoms with Crippen LogP contribution in [0.15, 0.2) is 109 Å². The number of ether oxygens (including phenoxy) is 1. The molecule has 0 aliphatic carbocycles. The second-order valence-corrected chi connectivity index (χ2v) is 10.3. The monoisotopic (exact) mass is 458 g/mol. The van der Waals surface area contributed by atoms with Crippen molar-refractivity contribution in [3.63, 3.8) is 0 Å². The zero-order chi connectivity index (χ0) is 23.3. The maximum absolute atomic E-state index is 15.1. The third-order valence-corrected chi connectivity index (χ3v) is 8.72. The van der Waals surface area contributed by atoms with Gasteiger partial charge in [0.15, 0.2) is 7.14 Å². The first kappa shape index (κ1) is 22.3. The van der Waals surface area contributed by atoms with Crippen LogP contribution in [-0.4, -0.2) is 12.0 Å². The summed E-state index contributed by atoms with van der Waals surface area (Å²) in [5.74, 6) is 0.0114. The van der Waals surface area contributed by atoms with Crippen LogP contribution >= 0.6 is 7.14 Å². The predicted octanol–water partition coefficient (Wildman–Crippen LogP) is 5.73. The van der Waals surface area contributed by atoms with E-state index in [1.165, 1.54) is 12.1 Å². The van der Waals surface area contributed by atoms with E-state index in [0.717, 1.165) is 5.56 Å². The Morgan fingerprint density at radius 1 is 0.818 bits per heavy atom. The van der Waals surface area contributed by atoms with E-state index in [4.69, 9.17) is 4.74 Å². The third-order valence-electron chi connectivity index (χ3n) is 5.44. The molecule has 0 heterocycles. The van der Waals surface area contributed by atoms with Gasteiger partial charge < -0.3 is 14.6 Å². The minimum Gasteiger partial charge on any atom is -0.497 e. The Morgan fingerprint density at radius 3 is 1.91 bits per heavy atom. The van der Waals surface area contributed by atoms with Gasteiger partial charge in [0.1, 0.15) is 11.5 Å². The number of benzene rings is 4. The Balaban J connectivity index is 1.91. The van der Waals surface area contributed by atoms with E-state index in [9.17, 15) is 10.1 Å². The van der Waals surface area contributed by atoms with Gasteiger partial charge in [-0.05, 0) is 23.8 Å². The van der Waals surface area contributed by atoms with Crippen LogP contribution in [0.5, 0.6) is 5.75 Å². The normalized spacial score (nSPS) is 12.0. The van der Waals surface area contributed by atoms with Crippen molar-refractivity contribution >= 4 is 29.1 Å². The van der Waals surface area contributed by atoms with Crippen molar-refractivity contribution in [1.82, 2.24) is 0 Å². The molecule has 0 saturated carbocycles. The number of nitro benzene ring substituents is 1. The summed E-state index contributed by atoms with van der Waals surface area (Å²) < 4.78 is 20.4. The fourth-order valence-electron chi connectivity index (χ4n) is 3.78. The largest absolute Gasteiger partial charge is 0.497 e. The SMILES string of the molecule is COc1ccc([C@@H](Nc2cccc([N+](=O)[O-])c2)P(=O)(c2ccccc2)c2ccccc2)cc1. The minimum atomic E-state index is -3.31. The zero-order valence-corrected chi connectivity index (χ0v) is 18.9. The molecule has 0 fully saturated rings. The number of rotatable bonds is 8. The number of hydrogen-bond donors (Lipinski definition) is 1. The number of nitrogens with zero attached hydrogens (tertiary/aromatic N) is 1. The van der Waals surface area contributed by atoms with E-state index < -0.39 is 17.8 Å². The van der Waals surface area contributed by atoms with Crippen LogP contribution in [0, 0.1) is 10.1 Å². The summed E-state index contributed by atoms with van der Waals surface area (Å²) in [6, 6.07) is 32.3. The highest BCUT2D eigenvalue weighted by atomic mass is 31.2.